The van der Waals surface area contributed by atoms with Crippen LogP contribution in [0, 0.1) is 6.92 Å². The highest BCUT2D eigenvalue weighted by Gasteiger charge is 2.32. The molecule has 2 saturated heterocycles. The first-order valence-corrected chi connectivity index (χ1v) is 10.2. The van der Waals surface area contributed by atoms with E-state index in [1.165, 1.54) is 47.6 Å². The van der Waals surface area contributed by atoms with Gasteiger partial charge in [-0.1, -0.05) is 6.08 Å². The number of aliphatic imine (C=N–C) groups is 1. The van der Waals surface area contributed by atoms with Crippen LogP contribution in [0.15, 0.2) is 29.4 Å². The molecule has 5 rings (SSSR count). The lowest BCUT2D eigenvalue weighted by atomic mass is 10.00. The van der Waals surface area contributed by atoms with Crippen molar-refractivity contribution in [3.8, 4) is 0 Å². The Morgan fingerprint density at radius 2 is 2.16 bits per heavy atom. The van der Waals surface area contributed by atoms with Gasteiger partial charge in [0.25, 0.3) is 0 Å². The maximum Gasteiger partial charge on any atom is 0.0908 e. The largest absolute Gasteiger partial charge is 0.367 e. The first kappa shape index (κ1) is 15.5. The SMILES string of the molecule is Cc1nc2ccc(C3=NC=CCC3)c(N3CCN4CCC[C@H]4C3)c2s1. The molecule has 3 aliphatic rings. The Hall–Kier alpha value is -1.72. The van der Waals surface area contributed by atoms with E-state index in [0.29, 0.717) is 0 Å². The molecule has 1 aromatic carbocycles. The molecule has 0 radical (unpaired) electrons. The maximum absolute atomic E-state index is 4.75. The number of rotatable bonds is 2. The number of allylic oxidation sites excluding steroid dienone is 1. The quantitative estimate of drug-likeness (QED) is 0.819. The number of hydrogen-bond acceptors (Lipinski definition) is 5. The van der Waals surface area contributed by atoms with E-state index in [4.69, 9.17) is 9.98 Å². The van der Waals surface area contributed by atoms with E-state index in [9.17, 15) is 0 Å². The number of benzene rings is 1. The van der Waals surface area contributed by atoms with Gasteiger partial charge in [-0.3, -0.25) is 9.89 Å². The second kappa shape index (κ2) is 6.22. The molecule has 130 valence electrons. The number of aryl methyl sites for hydroxylation is 1. The van der Waals surface area contributed by atoms with E-state index >= 15 is 0 Å². The summed E-state index contributed by atoms with van der Waals surface area (Å²) in [6, 6.07) is 5.17. The van der Waals surface area contributed by atoms with Crippen molar-refractivity contribution in [2.45, 2.75) is 38.6 Å². The average molecular weight is 353 g/mol. The van der Waals surface area contributed by atoms with Crippen LogP contribution >= 0.6 is 11.3 Å². The van der Waals surface area contributed by atoms with Crippen LogP contribution in [0.3, 0.4) is 0 Å². The Bertz CT molecular complexity index is 866. The molecule has 1 atom stereocenters. The average Bonchev–Trinajstić information content (AvgIpc) is 3.26. The summed E-state index contributed by atoms with van der Waals surface area (Å²) in [6.07, 6.45) is 8.96. The van der Waals surface area contributed by atoms with Crippen LogP contribution in [0.5, 0.6) is 0 Å². The van der Waals surface area contributed by atoms with Crippen LogP contribution in [-0.4, -0.2) is 47.8 Å². The highest BCUT2D eigenvalue weighted by atomic mass is 32.1. The van der Waals surface area contributed by atoms with Gasteiger partial charge in [0, 0.05) is 43.2 Å². The number of aromatic nitrogens is 1. The van der Waals surface area contributed by atoms with Crippen molar-refractivity contribution in [2.75, 3.05) is 31.1 Å². The molecule has 0 N–H and O–H groups in total. The smallest absolute Gasteiger partial charge is 0.0908 e. The van der Waals surface area contributed by atoms with Gasteiger partial charge in [0.2, 0.25) is 0 Å². The fraction of sp³-hybridized carbons (Fsp3) is 0.500. The van der Waals surface area contributed by atoms with Gasteiger partial charge in [-0.05, 0) is 51.3 Å². The molecule has 0 saturated carbocycles. The molecule has 3 aliphatic heterocycles. The van der Waals surface area contributed by atoms with Gasteiger partial charge in [-0.25, -0.2) is 4.98 Å². The molecule has 1 aromatic heterocycles. The molecule has 0 spiro atoms. The van der Waals surface area contributed by atoms with Crippen molar-refractivity contribution < 1.29 is 0 Å². The normalized spacial score (nSPS) is 24.0. The summed E-state index contributed by atoms with van der Waals surface area (Å²) >= 11 is 1.84. The zero-order chi connectivity index (χ0) is 16.8. The Morgan fingerprint density at radius 3 is 3.04 bits per heavy atom. The van der Waals surface area contributed by atoms with Crippen LogP contribution in [0.25, 0.3) is 10.2 Å². The van der Waals surface area contributed by atoms with E-state index in [1.54, 1.807) is 0 Å². The second-order valence-corrected chi connectivity index (χ2v) is 8.52. The van der Waals surface area contributed by atoms with Gasteiger partial charge >= 0.3 is 0 Å². The lowest BCUT2D eigenvalue weighted by molar-refractivity contribution is 0.231. The van der Waals surface area contributed by atoms with Gasteiger partial charge in [0.05, 0.1) is 20.9 Å². The molecule has 4 nitrogen and oxygen atoms in total. The van der Waals surface area contributed by atoms with Gasteiger partial charge in [0.15, 0.2) is 0 Å². The Kier molecular flexibility index (Phi) is 3.86. The lowest BCUT2D eigenvalue weighted by Crippen LogP contribution is -2.50. The predicted molar refractivity (Wildman–Crippen MR) is 106 cm³/mol. The fourth-order valence-electron chi connectivity index (χ4n) is 4.54. The topological polar surface area (TPSA) is 31.7 Å². The summed E-state index contributed by atoms with van der Waals surface area (Å²) in [5.74, 6) is 0. The van der Waals surface area contributed by atoms with Gasteiger partial charge in [-0.2, -0.15) is 0 Å². The Labute approximate surface area is 152 Å². The molecular weight excluding hydrogens is 328 g/mol. The van der Waals surface area contributed by atoms with E-state index < -0.39 is 0 Å². The van der Waals surface area contributed by atoms with Crippen molar-refractivity contribution in [2.24, 2.45) is 4.99 Å². The van der Waals surface area contributed by atoms with E-state index in [1.807, 2.05) is 17.5 Å². The van der Waals surface area contributed by atoms with Gasteiger partial charge in [0.1, 0.15) is 0 Å². The van der Waals surface area contributed by atoms with Crippen molar-refractivity contribution in [1.29, 1.82) is 0 Å². The van der Waals surface area contributed by atoms with Crippen LogP contribution in [-0.2, 0) is 0 Å². The van der Waals surface area contributed by atoms with Gasteiger partial charge < -0.3 is 4.90 Å². The number of piperazine rings is 1. The monoisotopic (exact) mass is 352 g/mol. The maximum atomic E-state index is 4.75. The summed E-state index contributed by atoms with van der Waals surface area (Å²) < 4.78 is 1.35. The van der Waals surface area contributed by atoms with Crippen molar-refractivity contribution in [3.63, 3.8) is 0 Å². The molecule has 0 bridgehead atoms. The molecule has 0 unspecified atom stereocenters. The number of hydrogen-bond donors (Lipinski definition) is 0. The third-order valence-corrected chi connectivity index (χ3v) is 6.73. The number of fused-ring (bicyclic) bond motifs is 2. The molecular formula is C20H24N4S. The summed E-state index contributed by atoms with van der Waals surface area (Å²) in [7, 11) is 0. The molecule has 4 heterocycles. The highest BCUT2D eigenvalue weighted by molar-refractivity contribution is 7.19. The van der Waals surface area contributed by atoms with Crippen LogP contribution < -0.4 is 4.90 Å². The van der Waals surface area contributed by atoms with Crippen LogP contribution in [0.1, 0.15) is 36.3 Å². The first-order valence-electron chi connectivity index (χ1n) is 9.41. The zero-order valence-corrected chi connectivity index (χ0v) is 15.6. The summed E-state index contributed by atoms with van der Waals surface area (Å²) in [6.45, 7) is 6.84. The lowest BCUT2D eigenvalue weighted by Gasteiger charge is -2.39. The Morgan fingerprint density at radius 1 is 1.20 bits per heavy atom. The standard InChI is InChI=1S/C20H24N4S/c1-14-22-18-8-7-16(17-6-2-3-9-21-17)19(20(18)25-14)24-12-11-23-10-4-5-15(23)13-24/h3,7-9,15H,2,4-6,10-13H2,1H3/t15-/m0/s1. The van der Waals surface area contributed by atoms with Crippen molar-refractivity contribution in [3.05, 3.63) is 35.0 Å². The van der Waals surface area contributed by atoms with E-state index in [0.717, 1.165) is 42.5 Å². The van der Waals surface area contributed by atoms with E-state index in [-0.39, 0.29) is 0 Å². The molecule has 0 aliphatic carbocycles. The highest BCUT2D eigenvalue weighted by Crippen LogP contribution is 2.38. The van der Waals surface area contributed by atoms with E-state index in [2.05, 4.69) is 34.9 Å². The summed E-state index contributed by atoms with van der Waals surface area (Å²) in [4.78, 5) is 14.8. The van der Waals surface area contributed by atoms with Gasteiger partial charge in [-0.15, -0.1) is 11.3 Å². The zero-order valence-electron chi connectivity index (χ0n) is 14.7. The number of nitrogens with zero attached hydrogens (tertiary/aromatic N) is 4. The van der Waals surface area contributed by atoms with Crippen LogP contribution in [0.4, 0.5) is 5.69 Å². The minimum absolute atomic E-state index is 0.721. The molecule has 5 heteroatoms. The molecule has 25 heavy (non-hydrogen) atoms. The van der Waals surface area contributed by atoms with Crippen molar-refractivity contribution in [1.82, 2.24) is 9.88 Å². The second-order valence-electron chi connectivity index (χ2n) is 7.32. The minimum atomic E-state index is 0.721. The summed E-state index contributed by atoms with van der Waals surface area (Å²) in [5.41, 5.74) is 5.09. The van der Waals surface area contributed by atoms with Crippen molar-refractivity contribution >= 4 is 33.0 Å². The predicted octanol–water partition coefficient (Wildman–Crippen LogP) is 3.99. The molecule has 2 fully saturated rings. The first-order chi connectivity index (χ1) is 12.3. The Balaban J connectivity index is 1.63. The fourth-order valence-corrected chi connectivity index (χ4v) is 5.53. The molecule has 2 aromatic rings. The number of thiazole rings is 1. The minimum Gasteiger partial charge on any atom is -0.367 e. The summed E-state index contributed by atoms with van der Waals surface area (Å²) in [5, 5.41) is 1.15. The third kappa shape index (κ3) is 2.70. The third-order valence-electron chi connectivity index (χ3n) is 5.74. The van der Waals surface area contributed by atoms with Crippen LogP contribution in [0.2, 0.25) is 0 Å². The molecule has 0 amide bonds. The number of anilines is 1.